The van der Waals surface area contributed by atoms with Crippen LogP contribution in [0.3, 0.4) is 0 Å². The predicted molar refractivity (Wildman–Crippen MR) is 76.4 cm³/mol. The Labute approximate surface area is 118 Å². The summed E-state index contributed by atoms with van der Waals surface area (Å²) < 4.78 is 0. The topological polar surface area (TPSA) is 70.7 Å². The highest BCUT2D eigenvalue weighted by atomic mass is 32.2. The molecule has 3 rings (SSSR count). The number of carbonyl (C=O) groups is 1. The minimum Gasteiger partial charge on any atom is -0.324 e. The van der Waals surface area contributed by atoms with Crippen molar-refractivity contribution in [2.24, 2.45) is 0 Å². The molecule has 0 spiro atoms. The molecule has 7 heteroatoms. The van der Waals surface area contributed by atoms with E-state index in [1.54, 1.807) is 29.7 Å². The van der Waals surface area contributed by atoms with Gasteiger partial charge in [-0.15, -0.1) is 28.6 Å². The van der Waals surface area contributed by atoms with Gasteiger partial charge in [0.2, 0.25) is 5.91 Å². The van der Waals surface area contributed by atoms with Crippen molar-refractivity contribution in [3.63, 3.8) is 0 Å². The predicted octanol–water partition coefficient (Wildman–Crippen LogP) is 2.40. The van der Waals surface area contributed by atoms with Crippen LogP contribution in [0.5, 0.6) is 0 Å². The number of rotatable bonds is 4. The van der Waals surface area contributed by atoms with Gasteiger partial charge in [0.25, 0.3) is 0 Å². The molecule has 0 aliphatic carbocycles. The van der Waals surface area contributed by atoms with E-state index in [-0.39, 0.29) is 11.2 Å². The number of fused-ring (bicyclic) bond motifs is 1. The summed E-state index contributed by atoms with van der Waals surface area (Å²) >= 11 is 3.24. The number of H-pyrrole nitrogens is 1. The van der Waals surface area contributed by atoms with Gasteiger partial charge in [0, 0.05) is 10.6 Å². The van der Waals surface area contributed by atoms with E-state index in [4.69, 9.17) is 0 Å². The third kappa shape index (κ3) is 2.93. The normalized spacial score (nSPS) is 17.9. The van der Waals surface area contributed by atoms with Crippen LogP contribution in [0.4, 0.5) is 5.69 Å². The molecule has 19 heavy (non-hydrogen) atoms. The van der Waals surface area contributed by atoms with Gasteiger partial charge >= 0.3 is 0 Å². The van der Waals surface area contributed by atoms with E-state index < -0.39 is 0 Å². The average Bonchev–Trinajstić information content (AvgIpc) is 2.92. The van der Waals surface area contributed by atoms with Crippen LogP contribution in [0, 0.1) is 0 Å². The van der Waals surface area contributed by atoms with Crippen molar-refractivity contribution in [1.82, 2.24) is 15.4 Å². The van der Waals surface area contributed by atoms with Crippen molar-refractivity contribution < 1.29 is 4.79 Å². The van der Waals surface area contributed by atoms with Gasteiger partial charge in [0.15, 0.2) is 0 Å². The lowest BCUT2D eigenvalue weighted by atomic mass is 10.2. The quantitative estimate of drug-likeness (QED) is 0.847. The van der Waals surface area contributed by atoms with E-state index in [2.05, 4.69) is 20.7 Å². The molecular formula is C12H12N4OS2. The van der Waals surface area contributed by atoms with Crippen LogP contribution in [-0.2, 0) is 4.79 Å². The maximum atomic E-state index is 12.0. The molecule has 98 valence electrons. The molecule has 0 radical (unpaired) electrons. The van der Waals surface area contributed by atoms with Crippen molar-refractivity contribution in [1.29, 1.82) is 0 Å². The first-order chi connectivity index (χ1) is 9.33. The zero-order chi connectivity index (χ0) is 13.1. The third-order valence-corrected chi connectivity index (χ3v) is 5.01. The van der Waals surface area contributed by atoms with Crippen LogP contribution in [0.1, 0.15) is 6.42 Å². The van der Waals surface area contributed by atoms with Crippen LogP contribution in [0.25, 0.3) is 0 Å². The van der Waals surface area contributed by atoms with Crippen molar-refractivity contribution in [3.05, 3.63) is 30.5 Å². The molecule has 1 amide bonds. The fourth-order valence-corrected chi connectivity index (χ4v) is 3.87. The third-order valence-electron chi connectivity index (χ3n) is 2.73. The fraction of sp³-hybridized carbons (Fsp3) is 0.250. The van der Waals surface area contributed by atoms with Crippen molar-refractivity contribution in [3.8, 4) is 0 Å². The minimum absolute atomic E-state index is 0.0331. The lowest BCUT2D eigenvalue weighted by Gasteiger charge is -2.23. The lowest BCUT2D eigenvalue weighted by molar-refractivity contribution is -0.115. The van der Waals surface area contributed by atoms with Gasteiger partial charge in [-0.25, -0.2) is 0 Å². The first kappa shape index (κ1) is 12.6. The van der Waals surface area contributed by atoms with Crippen molar-refractivity contribution >= 4 is 35.1 Å². The second kappa shape index (κ2) is 5.66. The Balaban J connectivity index is 1.59. The number of hydrogen-bond donors (Lipinski definition) is 2. The molecule has 1 aliphatic heterocycles. The molecule has 5 nitrogen and oxygen atoms in total. The molecule has 2 aromatic rings. The van der Waals surface area contributed by atoms with E-state index >= 15 is 0 Å². The maximum Gasteiger partial charge on any atom is 0.237 e. The van der Waals surface area contributed by atoms with Crippen molar-refractivity contribution in [2.75, 3.05) is 11.1 Å². The molecule has 0 bridgehead atoms. The Bertz CT molecular complexity index is 573. The number of amides is 1. The number of aromatic amines is 1. The first-order valence-electron chi connectivity index (χ1n) is 5.88. The van der Waals surface area contributed by atoms with Gasteiger partial charge in [0.1, 0.15) is 5.03 Å². The molecule has 1 aromatic heterocycles. The summed E-state index contributed by atoms with van der Waals surface area (Å²) in [7, 11) is 0. The molecule has 1 aliphatic rings. The molecule has 1 atom stereocenters. The number of benzene rings is 1. The van der Waals surface area contributed by atoms with Gasteiger partial charge in [0.05, 0.1) is 17.1 Å². The van der Waals surface area contributed by atoms with Crippen LogP contribution in [-0.4, -0.2) is 32.3 Å². The summed E-state index contributed by atoms with van der Waals surface area (Å²) in [6, 6.07) is 7.89. The van der Waals surface area contributed by atoms with E-state index in [1.807, 2.05) is 24.3 Å². The Morgan fingerprint density at radius 1 is 1.37 bits per heavy atom. The number of nitrogens with one attached hydrogen (secondary N) is 2. The Hall–Kier alpha value is -1.47. The smallest absolute Gasteiger partial charge is 0.237 e. The Morgan fingerprint density at radius 2 is 2.26 bits per heavy atom. The fourth-order valence-electron chi connectivity index (χ4n) is 1.81. The molecule has 0 fully saturated rings. The summed E-state index contributed by atoms with van der Waals surface area (Å²) in [5.74, 6) is 0.934. The summed E-state index contributed by atoms with van der Waals surface area (Å²) in [6.45, 7) is 0. The number of thioether (sulfide) groups is 2. The lowest BCUT2D eigenvalue weighted by Crippen LogP contribution is -2.29. The minimum atomic E-state index is -0.0331. The highest BCUT2D eigenvalue weighted by Crippen LogP contribution is 2.37. The molecule has 0 unspecified atom stereocenters. The zero-order valence-electron chi connectivity index (χ0n) is 10.00. The summed E-state index contributed by atoms with van der Waals surface area (Å²) in [5, 5.41) is 14.1. The average molecular weight is 292 g/mol. The number of hydrogen-bond acceptors (Lipinski definition) is 5. The van der Waals surface area contributed by atoms with Gasteiger partial charge < -0.3 is 5.32 Å². The summed E-state index contributed by atoms with van der Waals surface area (Å²) in [4.78, 5) is 13.1. The highest BCUT2D eigenvalue weighted by Gasteiger charge is 2.26. The Kier molecular flexibility index (Phi) is 3.74. The number of para-hydroxylation sites is 1. The maximum absolute atomic E-state index is 12.0. The summed E-state index contributed by atoms with van der Waals surface area (Å²) in [5.41, 5.74) is 0.915. The van der Waals surface area contributed by atoms with Crippen molar-refractivity contribution in [2.45, 2.75) is 21.6 Å². The van der Waals surface area contributed by atoms with E-state index in [0.717, 1.165) is 27.8 Å². The zero-order valence-corrected chi connectivity index (χ0v) is 11.6. The van der Waals surface area contributed by atoms with Crippen LogP contribution in [0.15, 0.2) is 40.4 Å². The number of anilines is 1. The number of aromatic nitrogens is 3. The largest absolute Gasteiger partial charge is 0.324 e. The van der Waals surface area contributed by atoms with Crippen LogP contribution >= 0.6 is 23.5 Å². The molecule has 1 aromatic carbocycles. The standard InChI is InChI=1S/C12H12N4OS2/c17-12-10(5-6-18-11-7-13-16-15-11)19-9-4-2-1-3-8(9)14-12/h1-4,7,10H,5-6H2,(H,14,17)(H,13,15,16)/t10-/m0/s1. The SMILES string of the molecule is O=C1Nc2ccccc2S[C@H]1CCSc1cn[nH]n1. The number of carbonyl (C=O) groups excluding carboxylic acids is 1. The van der Waals surface area contributed by atoms with Gasteiger partial charge in [-0.2, -0.15) is 10.3 Å². The monoisotopic (exact) mass is 292 g/mol. The molecular weight excluding hydrogens is 280 g/mol. The van der Waals surface area contributed by atoms with Crippen LogP contribution < -0.4 is 5.32 Å². The number of nitrogens with zero attached hydrogens (tertiary/aromatic N) is 2. The molecule has 2 heterocycles. The van der Waals surface area contributed by atoms with Gasteiger partial charge in [-0.1, -0.05) is 12.1 Å². The second-order valence-electron chi connectivity index (χ2n) is 4.04. The van der Waals surface area contributed by atoms with E-state index in [9.17, 15) is 4.79 Å². The molecule has 2 N–H and O–H groups in total. The second-order valence-corrected chi connectivity index (χ2v) is 6.40. The molecule has 0 saturated carbocycles. The summed E-state index contributed by atoms with van der Waals surface area (Å²) in [6.07, 6.45) is 2.50. The van der Waals surface area contributed by atoms with Gasteiger partial charge in [-0.05, 0) is 18.6 Å². The Morgan fingerprint density at radius 3 is 3.11 bits per heavy atom. The highest BCUT2D eigenvalue weighted by molar-refractivity contribution is 8.01. The van der Waals surface area contributed by atoms with Gasteiger partial charge in [-0.3, -0.25) is 4.79 Å². The molecule has 0 saturated heterocycles. The van der Waals surface area contributed by atoms with E-state index in [0.29, 0.717) is 0 Å². The first-order valence-corrected chi connectivity index (χ1v) is 7.74. The van der Waals surface area contributed by atoms with Crippen LogP contribution in [0.2, 0.25) is 0 Å². The van der Waals surface area contributed by atoms with E-state index in [1.165, 1.54) is 0 Å².